The molecule has 10 nitrogen and oxygen atoms in total. The van der Waals surface area contributed by atoms with Gasteiger partial charge in [0.1, 0.15) is 22.8 Å². The van der Waals surface area contributed by atoms with Crippen LogP contribution in [-0.4, -0.2) is 77.1 Å². The number of nitrogens with one attached hydrogen (secondary N) is 3. The number of amides is 3. The number of hydrogen-bond acceptors (Lipinski definition) is 8. The predicted octanol–water partition coefficient (Wildman–Crippen LogP) is 6.31. The van der Waals surface area contributed by atoms with Crippen LogP contribution in [0, 0.1) is 17.8 Å². The van der Waals surface area contributed by atoms with Gasteiger partial charge in [-0.2, -0.15) is 0 Å². The van der Waals surface area contributed by atoms with Crippen molar-refractivity contribution in [1.29, 1.82) is 0 Å². The van der Waals surface area contributed by atoms with E-state index in [4.69, 9.17) is 9.72 Å². The molecular weight excluding hydrogens is 687 g/mol. The zero-order valence-corrected chi connectivity index (χ0v) is 33.2. The second-order valence-corrected chi connectivity index (χ2v) is 16.1. The van der Waals surface area contributed by atoms with Crippen LogP contribution in [0.5, 0.6) is 0 Å². The number of aliphatic hydroxyl groups excluding tert-OH is 1. The Hall–Kier alpha value is -3.64. The van der Waals surface area contributed by atoms with Gasteiger partial charge in [0.15, 0.2) is 0 Å². The second-order valence-electron chi connectivity index (χ2n) is 15.2. The maximum absolute atomic E-state index is 14.0. The molecule has 4 rings (SSSR count). The molecule has 0 unspecified atom stereocenters. The smallest absolute Gasteiger partial charge is 0.270 e. The zero-order chi connectivity index (χ0) is 38.3. The number of ether oxygens (including phenoxy) is 1. The van der Waals surface area contributed by atoms with Crippen molar-refractivity contribution in [3.63, 3.8) is 0 Å². The number of likely N-dealkylation sites (N-methyl/N-ethyl adjacent to an activating group) is 1. The lowest BCUT2D eigenvalue weighted by atomic mass is 9.94. The molecule has 1 fully saturated rings. The third kappa shape index (κ3) is 13.0. The summed E-state index contributed by atoms with van der Waals surface area (Å²) in [5, 5.41) is 21.7. The summed E-state index contributed by atoms with van der Waals surface area (Å²) in [5.74, 6) is -0.553. The van der Waals surface area contributed by atoms with Gasteiger partial charge in [-0.05, 0) is 68.2 Å². The first-order valence-electron chi connectivity index (χ1n) is 19.4. The molecule has 2 heterocycles. The summed E-state index contributed by atoms with van der Waals surface area (Å²) in [6.07, 6.45) is 4.80. The lowest BCUT2D eigenvalue weighted by Crippen LogP contribution is -2.57. The van der Waals surface area contributed by atoms with Gasteiger partial charge >= 0.3 is 0 Å². The van der Waals surface area contributed by atoms with Gasteiger partial charge in [-0.1, -0.05) is 108 Å². The van der Waals surface area contributed by atoms with E-state index in [1.54, 1.807) is 5.38 Å². The number of nitrogens with zero attached hydrogens (tertiary/aromatic N) is 2. The van der Waals surface area contributed by atoms with Crippen LogP contribution in [0.4, 0.5) is 0 Å². The Labute approximate surface area is 320 Å². The fraction of sp³-hybridized carbons (Fsp3) is 0.571. The fourth-order valence-electron chi connectivity index (χ4n) is 6.82. The van der Waals surface area contributed by atoms with Gasteiger partial charge in [0.05, 0.1) is 12.6 Å². The highest BCUT2D eigenvalue weighted by Crippen LogP contribution is 2.30. The number of carbonyl (C=O) groups excluding carboxylic acids is 3. The van der Waals surface area contributed by atoms with Crippen LogP contribution in [0.15, 0.2) is 66.0 Å². The highest BCUT2D eigenvalue weighted by molar-refractivity contribution is 7.09. The molecule has 4 N–H and O–H groups in total. The first-order valence-corrected chi connectivity index (χ1v) is 20.2. The van der Waals surface area contributed by atoms with Crippen LogP contribution >= 0.6 is 11.3 Å². The van der Waals surface area contributed by atoms with Crippen LogP contribution in [0.3, 0.4) is 0 Å². The lowest BCUT2D eigenvalue weighted by molar-refractivity contribution is -0.134. The highest BCUT2D eigenvalue weighted by atomic mass is 32.1. The Kier molecular flexibility index (Phi) is 16.9. The van der Waals surface area contributed by atoms with Gasteiger partial charge in [0.2, 0.25) is 11.8 Å². The third-order valence-corrected chi connectivity index (χ3v) is 11.4. The first kappa shape index (κ1) is 42.1. The third-order valence-electron chi connectivity index (χ3n) is 10.4. The number of piperidine rings is 1. The minimum absolute atomic E-state index is 0.0239. The molecule has 0 bridgehead atoms. The minimum atomic E-state index is -0.666. The molecule has 53 heavy (non-hydrogen) atoms. The van der Waals surface area contributed by atoms with Crippen LogP contribution in [0.2, 0.25) is 0 Å². The number of rotatable bonds is 20. The Morgan fingerprint density at radius 3 is 2.25 bits per heavy atom. The molecule has 2 aromatic carbocycles. The topological polar surface area (TPSA) is 133 Å². The maximum Gasteiger partial charge on any atom is 0.270 e. The van der Waals surface area contributed by atoms with Crippen molar-refractivity contribution in [2.45, 2.75) is 116 Å². The minimum Gasteiger partial charge on any atom is -0.396 e. The molecule has 11 heteroatoms. The van der Waals surface area contributed by atoms with E-state index in [1.807, 2.05) is 88.5 Å². The van der Waals surface area contributed by atoms with Gasteiger partial charge < -0.3 is 25.8 Å². The van der Waals surface area contributed by atoms with Crippen molar-refractivity contribution in [3.8, 4) is 0 Å². The van der Waals surface area contributed by atoms with Crippen molar-refractivity contribution in [2.24, 2.45) is 17.8 Å². The molecule has 0 spiro atoms. The second kappa shape index (κ2) is 21.3. The average molecular weight is 748 g/mol. The van der Waals surface area contributed by atoms with E-state index in [1.165, 1.54) is 11.3 Å². The standard InChI is InChI=1S/C42H61N5O5S/c1-7-30(5)38(46-40(50)36-20-14-15-21-47(36)6)41(51)44-34(28(2)3)24-37(52-26-32-18-12-9-13-19-32)42-45-35(27-53-42)39(49)43-33(22-29(4)25-48)23-31-16-10-8-11-17-31/h8-13,16-19,27-30,33-34,36-38,48H,7,14-15,20-26H2,1-6H3,(H,43,49)(H,44,51)(H,46,50)/t29-,30-,33+,34+,36+,37+,38-/m0/s1. The maximum atomic E-state index is 14.0. The van der Waals surface area contributed by atoms with E-state index in [-0.39, 0.29) is 60.2 Å². The Morgan fingerprint density at radius 2 is 1.62 bits per heavy atom. The van der Waals surface area contributed by atoms with Gasteiger partial charge in [0, 0.05) is 30.5 Å². The van der Waals surface area contributed by atoms with E-state index < -0.39 is 12.1 Å². The SMILES string of the molecule is CC[C@H](C)[C@H](NC(=O)[C@H]1CCCCN1C)C(=O)N[C@H](C[C@@H](OCc1ccccc1)c1nc(C(=O)N[C@@H](Cc2ccccc2)C[C@H](C)CO)cs1)C(C)C. The number of likely N-dealkylation sites (tertiary alicyclic amines) is 1. The summed E-state index contributed by atoms with van der Waals surface area (Å²) >= 11 is 1.37. The first-order chi connectivity index (χ1) is 25.5. The summed E-state index contributed by atoms with van der Waals surface area (Å²) in [7, 11) is 1.97. The lowest BCUT2D eigenvalue weighted by Gasteiger charge is -2.34. The summed E-state index contributed by atoms with van der Waals surface area (Å²) in [4.78, 5) is 48.0. The number of thiazole rings is 1. The van der Waals surface area contributed by atoms with Crippen molar-refractivity contribution < 1.29 is 24.2 Å². The van der Waals surface area contributed by atoms with E-state index in [2.05, 4.69) is 34.7 Å². The van der Waals surface area contributed by atoms with Gasteiger partial charge in [-0.3, -0.25) is 19.3 Å². The quantitative estimate of drug-likeness (QED) is 0.107. The average Bonchev–Trinajstić information content (AvgIpc) is 3.66. The number of aliphatic hydroxyl groups is 1. The monoisotopic (exact) mass is 747 g/mol. The molecule has 1 saturated heterocycles. The Morgan fingerprint density at radius 1 is 0.943 bits per heavy atom. The summed E-state index contributed by atoms with van der Waals surface area (Å²) < 4.78 is 6.54. The normalized spacial score (nSPS) is 18.4. The Balaban J connectivity index is 1.52. The van der Waals surface area contributed by atoms with Crippen molar-refractivity contribution in [2.75, 3.05) is 20.2 Å². The molecule has 7 atom stereocenters. The van der Waals surface area contributed by atoms with Crippen LogP contribution < -0.4 is 16.0 Å². The van der Waals surface area contributed by atoms with Crippen molar-refractivity contribution in [1.82, 2.24) is 25.8 Å². The van der Waals surface area contributed by atoms with Crippen molar-refractivity contribution in [3.05, 3.63) is 87.9 Å². The van der Waals surface area contributed by atoms with E-state index in [0.29, 0.717) is 36.6 Å². The summed E-state index contributed by atoms with van der Waals surface area (Å²) in [6, 6.07) is 18.5. The molecule has 0 radical (unpaired) electrons. The molecule has 3 amide bonds. The molecule has 290 valence electrons. The van der Waals surface area contributed by atoms with Crippen LogP contribution in [0.25, 0.3) is 0 Å². The number of benzene rings is 2. The van der Waals surface area contributed by atoms with E-state index in [9.17, 15) is 19.5 Å². The van der Waals surface area contributed by atoms with Crippen LogP contribution in [0.1, 0.15) is 106 Å². The Bertz CT molecular complexity index is 1550. The van der Waals surface area contributed by atoms with Gasteiger partial charge in [0.25, 0.3) is 5.91 Å². The number of hydrogen-bond donors (Lipinski definition) is 4. The largest absolute Gasteiger partial charge is 0.396 e. The van der Waals surface area contributed by atoms with E-state index in [0.717, 1.165) is 43.4 Å². The molecule has 0 aliphatic carbocycles. The van der Waals surface area contributed by atoms with E-state index >= 15 is 0 Å². The van der Waals surface area contributed by atoms with Crippen LogP contribution in [-0.2, 0) is 27.4 Å². The molecular formula is C42H61N5O5S. The van der Waals surface area contributed by atoms with Gasteiger partial charge in [-0.25, -0.2) is 4.98 Å². The molecule has 0 saturated carbocycles. The highest BCUT2D eigenvalue weighted by Gasteiger charge is 2.34. The zero-order valence-electron chi connectivity index (χ0n) is 32.4. The predicted molar refractivity (Wildman–Crippen MR) is 211 cm³/mol. The number of aromatic nitrogens is 1. The summed E-state index contributed by atoms with van der Waals surface area (Å²) in [6.45, 7) is 11.4. The van der Waals surface area contributed by atoms with Crippen molar-refractivity contribution >= 4 is 29.1 Å². The summed E-state index contributed by atoms with van der Waals surface area (Å²) in [5.41, 5.74) is 2.42. The molecule has 1 aromatic heterocycles. The van der Waals surface area contributed by atoms with Gasteiger partial charge in [-0.15, -0.1) is 11.3 Å². The molecule has 1 aliphatic heterocycles. The fourth-order valence-corrected chi connectivity index (χ4v) is 7.68. The number of carbonyl (C=O) groups is 3. The molecule has 1 aliphatic rings. The molecule has 3 aromatic rings.